The molecule has 0 bridgehead atoms. The number of nitrogens with zero attached hydrogens (tertiary/aromatic N) is 1. The molecular formula is C33H48N2O3S. The number of hydrogen-bond donors (Lipinski definition) is 1. The number of nitrogens with one attached hydrogen (secondary N) is 1. The number of hydrogen-bond acceptors (Lipinski definition) is 5. The number of benzene rings is 2. The van der Waals surface area contributed by atoms with Crippen molar-refractivity contribution in [3.8, 4) is 11.1 Å². The SMILES string of the molecule is CCCCN(CCC1CCCCC1)Cc1ccc(C(=O)NC(CCSC)C(=O)OC)c(-c2ccccc2C)c1. The van der Waals surface area contributed by atoms with Crippen LogP contribution in [0.25, 0.3) is 11.1 Å². The van der Waals surface area contributed by atoms with E-state index in [2.05, 4.69) is 48.3 Å². The highest BCUT2D eigenvalue weighted by Crippen LogP contribution is 2.30. The maximum absolute atomic E-state index is 13.6. The van der Waals surface area contributed by atoms with Crippen LogP contribution in [0.3, 0.4) is 0 Å². The normalized spacial score (nSPS) is 14.8. The number of carbonyl (C=O) groups is 2. The quantitative estimate of drug-likeness (QED) is 0.236. The van der Waals surface area contributed by atoms with Gasteiger partial charge in [0.25, 0.3) is 5.91 Å². The van der Waals surface area contributed by atoms with Crippen LogP contribution in [0.4, 0.5) is 0 Å². The van der Waals surface area contributed by atoms with E-state index in [1.807, 2.05) is 24.5 Å². The van der Waals surface area contributed by atoms with E-state index in [9.17, 15) is 9.59 Å². The molecule has 5 nitrogen and oxygen atoms in total. The molecule has 1 unspecified atom stereocenters. The predicted octanol–water partition coefficient (Wildman–Crippen LogP) is 7.26. The molecule has 1 atom stereocenters. The van der Waals surface area contributed by atoms with Crippen molar-refractivity contribution in [2.75, 3.05) is 32.2 Å². The van der Waals surface area contributed by atoms with Crippen LogP contribution in [-0.4, -0.2) is 55.0 Å². The minimum absolute atomic E-state index is 0.239. The molecule has 1 fully saturated rings. The lowest BCUT2D eigenvalue weighted by Gasteiger charge is -2.27. The minimum atomic E-state index is -0.663. The average molecular weight is 553 g/mol. The minimum Gasteiger partial charge on any atom is -0.467 e. The van der Waals surface area contributed by atoms with Gasteiger partial charge in [0.1, 0.15) is 6.04 Å². The summed E-state index contributed by atoms with van der Waals surface area (Å²) in [5.41, 5.74) is 4.89. The van der Waals surface area contributed by atoms with Gasteiger partial charge in [-0.3, -0.25) is 9.69 Å². The summed E-state index contributed by atoms with van der Waals surface area (Å²) in [5.74, 6) is 0.982. The first-order valence-electron chi connectivity index (χ1n) is 14.8. The van der Waals surface area contributed by atoms with Crippen molar-refractivity contribution in [2.24, 2.45) is 5.92 Å². The summed E-state index contributed by atoms with van der Waals surface area (Å²) in [4.78, 5) is 28.5. The van der Waals surface area contributed by atoms with E-state index in [1.54, 1.807) is 11.8 Å². The highest BCUT2D eigenvalue weighted by molar-refractivity contribution is 7.98. The van der Waals surface area contributed by atoms with Crippen LogP contribution in [-0.2, 0) is 16.1 Å². The molecular weight excluding hydrogens is 504 g/mol. The third kappa shape index (κ3) is 9.68. The number of methoxy groups -OCH3 is 1. The van der Waals surface area contributed by atoms with Crippen LogP contribution in [0.15, 0.2) is 42.5 Å². The van der Waals surface area contributed by atoms with Crippen LogP contribution in [0, 0.1) is 12.8 Å². The number of carbonyl (C=O) groups excluding carboxylic acids is 2. The maximum atomic E-state index is 13.6. The Hall–Kier alpha value is -2.31. The van der Waals surface area contributed by atoms with Crippen molar-refractivity contribution in [1.29, 1.82) is 0 Å². The first kappa shape index (κ1) is 31.2. The number of ether oxygens (including phenoxy) is 1. The Morgan fingerprint density at radius 1 is 1.08 bits per heavy atom. The van der Waals surface area contributed by atoms with Gasteiger partial charge in [-0.25, -0.2) is 4.79 Å². The monoisotopic (exact) mass is 552 g/mol. The van der Waals surface area contributed by atoms with E-state index in [4.69, 9.17) is 4.74 Å². The van der Waals surface area contributed by atoms with Crippen LogP contribution in [0.5, 0.6) is 0 Å². The lowest BCUT2D eigenvalue weighted by atomic mass is 9.87. The van der Waals surface area contributed by atoms with Crippen LogP contribution in [0.1, 0.15) is 86.2 Å². The van der Waals surface area contributed by atoms with Gasteiger partial charge < -0.3 is 10.1 Å². The number of esters is 1. The lowest BCUT2D eigenvalue weighted by Crippen LogP contribution is -2.42. The highest BCUT2D eigenvalue weighted by atomic mass is 32.2. The van der Waals surface area contributed by atoms with Crippen LogP contribution in [0.2, 0.25) is 0 Å². The Morgan fingerprint density at radius 3 is 2.54 bits per heavy atom. The van der Waals surface area contributed by atoms with Crippen LogP contribution < -0.4 is 5.32 Å². The molecule has 1 aliphatic rings. The molecule has 0 heterocycles. The fourth-order valence-electron chi connectivity index (χ4n) is 5.60. The molecule has 1 amide bonds. The molecule has 1 saturated carbocycles. The van der Waals surface area contributed by atoms with E-state index >= 15 is 0 Å². The molecule has 39 heavy (non-hydrogen) atoms. The molecule has 2 aromatic rings. The van der Waals surface area contributed by atoms with Crippen LogP contribution >= 0.6 is 11.8 Å². The van der Waals surface area contributed by atoms with Gasteiger partial charge in [-0.2, -0.15) is 11.8 Å². The van der Waals surface area contributed by atoms with Crippen molar-refractivity contribution >= 4 is 23.6 Å². The Bertz CT molecular complexity index is 1050. The summed E-state index contributed by atoms with van der Waals surface area (Å²) in [6, 6.07) is 13.8. The summed E-state index contributed by atoms with van der Waals surface area (Å²) in [7, 11) is 1.37. The predicted molar refractivity (Wildman–Crippen MR) is 164 cm³/mol. The first-order valence-corrected chi connectivity index (χ1v) is 16.1. The topological polar surface area (TPSA) is 58.6 Å². The molecule has 0 spiro atoms. The lowest BCUT2D eigenvalue weighted by molar-refractivity contribution is -0.142. The van der Waals surface area contributed by atoms with Crippen molar-refractivity contribution in [3.05, 3.63) is 59.2 Å². The Kier molecular flexibility index (Phi) is 13.4. The van der Waals surface area contributed by atoms with Gasteiger partial charge in [-0.1, -0.05) is 75.8 Å². The Morgan fingerprint density at radius 2 is 1.85 bits per heavy atom. The van der Waals surface area contributed by atoms with E-state index in [1.165, 1.54) is 64.0 Å². The number of aryl methyl sites for hydroxylation is 1. The molecule has 1 N–H and O–H groups in total. The molecule has 2 aromatic carbocycles. The van der Waals surface area contributed by atoms with Gasteiger partial charge in [-0.05, 0) is 91.6 Å². The molecule has 0 radical (unpaired) electrons. The molecule has 3 rings (SSSR count). The zero-order valence-corrected chi connectivity index (χ0v) is 25.3. The molecule has 0 saturated heterocycles. The number of amides is 1. The Labute approximate surface area is 240 Å². The molecule has 0 aliphatic heterocycles. The number of rotatable bonds is 15. The fourth-order valence-corrected chi connectivity index (χ4v) is 6.07. The summed E-state index contributed by atoms with van der Waals surface area (Å²) >= 11 is 1.64. The largest absolute Gasteiger partial charge is 0.467 e. The second kappa shape index (κ2) is 16.7. The molecule has 0 aromatic heterocycles. The van der Waals surface area contributed by atoms with Crippen molar-refractivity contribution in [2.45, 2.75) is 84.2 Å². The van der Waals surface area contributed by atoms with Gasteiger partial charge in [0.2, 0.25) is 0 Å². The van der Waals surface area contributed by atoms with Gasteiger partial charge in [-0.15, -0.1) is 0 Å². The molecule has 1 aliphatic carbocycles. The van der Waals surface area contributed by atoms with E-state index in [-0.39, 0.29) is 5.91 Å². The molecule has 6 heteroatoms. The van der Waals surface area contributed by atoms with Gasteiger partial charge in [0.15, 0.2) is 0 Å². The van der Waals surface area contributed by atoms with Gasteiger partial charge in [0, 0.05) is 12.1 Å². The summed E-state index contributed by atoms with van der Waals surface area (Å²) in [6.07, 6.45) is 13.1. The van der Waals surface area contributed by atoms with Crippen molar-refractivity contribution in [3.63, 3.8) is 0 Å². The second-order valence-corrected chi connectivity index (χ2v) is 11.9. The fraction of sp³-hybridized carbons (Fsp3) is 0.576. The van der Waals surface area contributed by atoms with E-state index in [0.29, 0.717) is 12.0 Å². The molecule has 214 valence electrons. The maximum Gasteiger partial charge on any atom is 0.328 e. The summed E-state index contributed by atoms with van der Waals surface area (Å²) < 4.78 is 4.97. The van der Waals surface area contributed by atoms with E-state index < -0.39 is 12.0 Å². The van der Waals surface area contributed by atoms with E-state index in [0.717, 1.165) is 48.0 Å². The average Bonchev–Trinajstić information content (AvgIpc) is 2.96. The number of thioether (sulfide) groups is 1. The van der Waals surface area contributed by atoms with Crippen molar-refractivity contribution in [1.82, 2.24) is 10.2 Å². The summed E-state index contributed by atoms with van der Waals surface area (Å²) in [6.45, 7) is 7.44. The smallest absolute Gasteiger partial charge is 0.328 e. The van der Waals surface area contributed by atoms with Gasteiger partial charge >= 0.3 is 5.97 Å². The first-order chi connectivity index (χ1) is 19.0. The summed E-state index contributed by atoms with van der Waals surface area (Å²) in [5, 5.41) is 2.96. The number of unbranched alkanes of at least 4 members (excludes halogenated alkanes) is 1. The standard InChI is InChI=1S/C33H48N2O3S/c1-5-6-20-35(21-18-26-13-8-7-9-14-26)24-27-16-17-29(30(23-27)28-15-11-10-12-25(28)2)32(36)34-31(19-22-39-4)33(37)38-3/h10-12,15-17,23,26,31H,5-9,13-14,18-22,24H2,1-4H3,(H,34,36). The zero-order valence-electron chi connectivity index (χ0n) is 24.5. The zero-order chi connectivity index (χ0) is 28.0. The third-order valence-electron chi connectivity index (χ3n) is 7.98. The van der Waals surface area contributed by atoms with Gasteiger partial charge in [0.05, 0.1) is 7.11 Å². The Balaban J connectivity index is 1.86. The third-order valence-corrected chi connectivity index (χ3v) is 8.62. The van der Waals surface area contributed by atoms with Crippen molar-refractivity contribution < 1.29 is 14.3 Å². The second-order valence-electron chi connectivity index (χ2n) is 10.9. The highest BCUT2D eigenvalue weighted by Gasteiger charge is 2.24.